The van der Waals surface area contributed by atoms with Crippen molar-refractivity contribution in [1.29, 1.82) is 0 Å². The van der Waals surface area contributed by atoms with Gasteiger partial charge < -0.3 is 14.4 Å². The summed E-state index contributed by atoms with van der Waals surface area (Å²) in [6.45, 7) is 0. The van der Waals surface area contributed by atoms with Gasteiger partial charge >= 0.3 is 12.5 Å². The Kier molecular flexibility index (Phi) is 5.84. The van der Waals surface area contributed by atoms with Crippen molar-refractivity contribution in [3.63, 3.8) is 0 Å². The van der Waals surface area contributed by atoms with E-state index in [1.165, 1.54) is 6.07 Å². The minimum Gasteiger partial charge on any atom is -0.465 e. The molecule has 1 aliphatic heterocycles. The van der Waals surface area contributed by atoms with E-state index in [0.717, 1.165) is 47.5 Å². The molecule has 1 aliphatic rings. The van der Waals surface area contributed by atoms with Gasteiger partial charge in [0.05, 0.1) is 16.3 Å². The second kappa shape index (κ2) is 8.05. The highest BCUT2D eigenvalue weighted by Gasteiger charge is 2.36. The summed E-state index contributed by atoms with van der Waals surface area (Å²) in [5, 5.41) is -0.281. The maximum absolute atomic E-state index is 13.5. The van der Waals surface area contributed by atoms with Gasteiger partial charge in [-0.1, -0.05) is 11.6 Å². The van der Waals surface area contributed by atoms with E-state index >= 15 is 0 Å². The van der Waals surface area contributed by atoms with E-state index in [9.17, 15) is 30.7 Å². The number of anilines is 1. The molecule has 30 heavy (non-hydrogen) atoms. The molecule has 160 valence electrons. The SMILES string of the molecule is Fc1cc(N2C=C(C(F)(F)F)C=CC2Oc2ccc(OC(F)(F)F)cc2Cl)ccn1. The third kappa shape index (κ3) is 5.35. The van der Waals surface area contributed by atoms with Crippen molar-refractivity contribution in [3.8, 4) is 11.5 Å². The van der Waals surface area contributed by atoms with Gasteiger partial charge in [-0.3, -0.25) is 0 Å². The summed E-state index contributed by atoms with van der Waals surface area (Å²) in [5.74, 6) is -1.68. The van der Waals surface area contributed by atoms with Crippen LogP contribution in [0.15, 0.2) is 60.5 Å². The van der Waals surface area contributed by atoms with Gasteiger partial charge in [-0.2, -0.15) is 17.6 Å². The molecule has 12 heteroatoms. The van der Waals surface area contributed by atoms with Crippen LogP contribution in [0.25, 0.3) is 0 Å². The molecule has 2 aromatic rings. The molecule has 0 spiro atoms. The van der Waals surface area contributed by atoms with Gasteiger partial charge in [0, 0.05) is 24.5 Å². The molecule has 3 rings (SSSR count). The first-order valence-corrected chi connectivity index (χ1v) is 8.39. The smallest absolute Gasteiger partial charge is 0.465 e. The Bertz CT molecular complexity index is 989. The van der Waals surface area contributed by atoms with Crippen molar-refractivity contribution in [2.45, 2.75) is 18.8 Å². The maximum Gasteiger partial charge on any atom is 0.573 e. The van der Waals surface area contributed by atoms with E-state index in [-0.39, 0.29) is 16.5 Å². The van der Waals surface area contributed by atoms with Gasteiger partial charge in [0.25, 0.3) is 0 Å². The Labute approximate surface area is 169 Å². The molecule has 1 aromatic heterocycles. The highest BCUT2D eigenvalue weighted by molar-refractivity contribution is 6.32. The number of allylic oxidation sites excluding steroid dienone is 2. The number of hydrogen-bond acceptors (Lipinski definition) is 4. The second-order valence-corrected chi connectivity index (χ2v) is 6.24. The third-order valence-electron chi connectivity index (χ3n) is 3.71. The topological polar surface area (TPSA) is 34.6 Å². The normalized spacial score (nSPS) is 17.0. The van der Waals surface area contributed by atoms with Gasteiger partial charge in [-0.05, 0) is 30.4 Å². The first-order valence-electron chi connectivity index (χ1n) is 8.01. The molecule has 2 heterocycles. The minimum atomic E-state index is -4.93. The van der Waals surface area contributed by atoms with E-state index in [1.807, 2.05) is 0 Å². The first-order chi connectivity index (χ1) is 13.9. The van der Waals surface area contributed by atoms with Crippen LogP contribution in [0.5, 0.6) is 11.5 Å². The second-order valence-electron chi connectivity index (χ2n) is 5.83. The van der Waals surface area contributed by atoms with Crippen LogP contribution in [-0.4, -0.2) is 23.8 Å². The van der Waals surface area contributed by atoms with E-state index in [4.69, 9.17) is 16.3 Å². The van der Waals surface area contributed by atoms with Crippen LogP contribution in [0.2, 0.25) is 5.02 Å². The lowest BCUT2D eigenvalue weighted by Crippen LogP contribution is -2.37. The largest absolute Gasteiger partial charge is 0.573 e. The number of nitrogens with zero attached hydrogens (tertiary/aromatic N) is 2. The van der Waals surface area contributed by atoms with Crippen molar-refractivity contribution in [1.82, 2.24) is 4.98 Å². The monoisotopic (exact) mass is 454 g/mol. The first kappa shape index (κ1) is 21.8. The lowest BCUT2D eigenvalue weighted by atomic mass is 10.1. The summed E-state index contributed by atoms with van der Waals surface area (Å²) >= 11 is 5.92. The lowest BCUT2D eigenvalue weighted by Gasteiger charge is -2.32. The van der Waals surface area contributed by atoms with Crippen LogP contribution in [-0.2, 0) is 0 Å². The van der Waals surface area contributed by atoms with Crippen LogP contribution >= 0.6 is 11.6 Å². The fourth-order valence-electron chi connectivity index (χ4n) is 2.49. The van der Waals surface area contributed by atoms with Crippen LogP contribution < -0.4 is 14.4 Å². The highest BCUT2D eigenvalue weighted by Crippen LogP contribution is 2.36. The van der Waals surface area contributed by atoms with Crippen LogP contribution in [0.3, 0.4) is 0 Å². The molecule has 1 aromatic carbocycles. The number of aromatic nitrogens is 1. The predicted octanol–water partition coefficient (Wildman–Crippen LogP) is 6.00. The third-order valence-corrected chi connectivity index (χ3v) is 4.01. The number of alkyl halides is 6. The fraction of sp³-hybridized carbons (Fsp3) is 0.167. The van der Waals surface area contributed by atoms with Gasteiger partial charge in [0.2, 0.25) is 5.95 Å². The molecule has 0 aliphatic carbocycles. The van der Waals surface area contributed by atoms with Gasteiger partial charge in [-0.25, -0.2) is 4.98 Å². The summed E-state index contributed by atoms with van der Waals surface area (Å²) in [4.78, 5) is 4.32. The molecule has 0 radical (unpaired) electrons. The molecule has 0 bridgehead atoms. The standard InChI is InChI=1S/C18H10ClF7N2O2/c19-13-8-12(30-18(24,25)26)2-3-14(13)29-16-4-1-10(17(21,22)23)9-28(16)11-5-6-27-15(20)7-11/h1-9,16H. The molecule has 1 unspecified atom stereocenters. The quantitative estimate of drug-likeness (QED) is 0.419. The van der Waals surface area contributed by atoms with Crippen LogP contribution in [0, 0.1) is 5.95 Å². The maximum atomic E-state index is 13.5. The molecule has 4 nitrogen and oxygen atoms in total. The minimum absolute atomic E-state index is 0.00764. The molecule has 0 saturated carbocycles. The summed E-state index contributed by atoms with van der Waals surface area (Å²) in [7, 11) is 0. The van der Waals surface area contributed by atoms with E-state index in [1.54, 1.807) is 0 Å². The molecule has 0 amide bonds. The molecule has 0 fully saturated rings. The van der Waals surface area contributed by atoms with Gasteiger partial charge in [0.15, 0.2) is 6.23 Å². The summed E-state index contributed by atoms with van der Waals surface area (Å²) in [5.41, 5.74) is -1.04. The molecule has 1 atom stereocenters. The van der Waals surface area contributed by atoms with Crippen LogP contribution in [0.4, 0.5) is 36.4 Å². The van der Waals surface area contributed by atoms with Crippen LogP contribution in [0.1, 0.15) is 0 Å². The average Bonchev–Trinajstić information content (AvgIpc) is 2.62. The Morgan fingerprint density at radius 3 is 2.37 bits per heavy atom. The molecular formula is C18H10ClF7N2O2. The number of hydrogen-bond donors (Lipinski definition) is 0. The zero-order valence-electron chi connectivity index (χ0n) is 14.5. The average molecular weight is 455 g/mol. The lowest BCUT2D eigenvalue weighted by molar-refractivity contribution is -0.274. The van der Waals surface area contributed by atoms with Crippen molar-refractivity contribution in [2.24, 2.45) is 0 Å². The number of rotatable bonds is 4. The Hall–Kier alpha value is -2.95. The Balaban J connectivity index is 1.90. The predicted molar refractivity (Wildman–Crippen MR) is 92.5 cm³/mol. The summed E-state index contributed by atoms with van der Waals surface area (Å²) in [6, 6.07) is 4.97. The number of ether oxygens (including phenoxy) is 2. The van der Waals surface area contributed by atoms with Crippen molar-refractivity contribution >= 4 is 17.3 Å². The van der Waals surface area contributed by atoms with Crippen molar-refractivity contribution < 1.29 is 40.2 Å². The Morgan fingerprint density at radius 1 is 1.03 bits per heavy atom. The zero-order valence-corrected chi connectivity index (χ0v) is 15.3. The number of pyridine rings is 1. The summed E-state index contributed by atoms with van der Waals surface area (Å²) < 4.78 is 99.0. The van der Waals surface area contributed by atoms with E-state index in [0.29, 0.717) is 6.20 Å². The number of benzene rings is 1. The zero-order chi connectivity index (χ0) is 22.1. The van der Waals surface area contributed by atoms with Gasteiger partial charge in [0.1, 0.15) is 11.5 Å². The molecule has 0 N–H and O–H groups in total. The summed E-state index contributed by atoms with van der Waals surface area (Å²) in [6.07, 6.45) is -7.28. The molecular weight excluding hydrogens is 445 g/mol. The van der Waals surface area contributed by atoms with Gasteiger partial charge in [-0.15, -0.1) is 13.2 Å². The fourth-order valence-corrected chi connectivity index (χ4v) is 2.70. The van der Waals surface area contributed by atoms with E-state index in [2.05, 4.69) is 9.72 Å². The van der Waals surface area contributed by atoms with E-state index < -0.39 is 36.0 Å². The molecule has 0 saturated heterocycles. The van der Waals surface area contributed by atoms with Crippen molar-refractivity contribution in [3.05, 3.63) is 71.4 Å². The number of halogens is 8. The van der Waals surface area contributed by atoms with Crippen molar-refractivity contribution in [2.75, 3.05) is 4.90 Å². The Morgan fingerprint density at radius 2 is 1.77 bits per heavy atom. The highest BCUT2D eigenvalue weighted by atomic mass is 35.5.